The zero-order valence-electron chi connectivity index (χ0n) is 11.1. The standard InChI is InChI=1S/C16H12ClN3O/c17-10-4-5-13-12(9-10)11-6-8-19-16(21)15(11)20(13)14-3-1-2-7-18-14/h1-5,7,9H,6,8H2,(H,19,21). The topological polar surface area (TPSA) is 46.9 Å². The van der Waals surface area contributed by atoms with Gasteiger partial charge in [-0.3, -0.25) is 9.36 Å². The van der Waals surface area contributed by atoms with Gasteiger partial charge in [0.05, 0.1) is 5.52 Å². The molecule has 5 heteroatoms. The van der Waals surface area contributed by atoms with Crippen LogP contribution in [-0.2, 0) is 6.42 Å². The highest BCUT2D eigenvalue weighted by Crippen LogP contribution is 2.32. The molecule has 3 aromatic rings. The third-order valence-electron chi connectivity index (χ3n) is 3.79. The summed E-state index contributed by atoms with van der Waals surface area (Å²) in [6, 6.07) is 11.4. The number of nitrogens with one attached hydrogen (secondary N) is 1. The molecule has 1 amide bonds. The largest absolute Gasteiger partial charge is 0.350 e. The van der Waals surface area contributed by atoms with Gasteiger partial charge in [-0.15, -0.1) is 0 Å². The predicted molar refractivity (Wildman–Crippen MR) is 82.1 cm³/mol. The first kappa shape index (κ1) is 12.4. The second kappa shape index (κ2) is 4.60. The molecule has 0 radical (unpaired) electrons. The normalized spacial score (nSPS) is 14.0. The van der Waals surface area contributed by atoms with E-state index < -0.39 is 0 Å². The summed E-state index contributed by atoms with van der Waals surface area (Å²) < 4.78 is 1.91. The molecule has 1 aliphatic rings. The fourth-order valence-electron chi connectivity index (χ4n) is 2.93. The number of hydrogen-bond donors (Lipinski definition) is 1. The lowest BCUT2D eigenvalue weighted by atomic mass is 10.0. The van der Waals surface area contributed by atoms with Gasteiger partial charge in [-0.05, 0) is 42.3 Å². The molecule has 1 aromatic carbocycles. The van der Waals surface area contributed by atoms with E-state index in [2.05, 4.69) is 10.3 Å². The number of rotatable bonds is 1. The van der Waals surface area contributed by atoms with E-state index in [-0.39, 0.29) is 5.91 Å². The smallest absolute Gasteiger partial charge is 0.268 e. The van der Waals surface area contributed by atoms with Crippen LogP contribution in [0.15, 0.2) is 42.6 Å². The van der Waals surface area contributed by atoms with Crippen molar-refractivity contribution in [2.24, 2.45) is 0 Å². The molecule has 1 aliphatic heterocycles. The van der Waals surface area contributed by atoms with Crippen molar-refractivity contribution in [3.05, 3.63) is 58.9 Å². The molecule has 0 fully saturated rings. The van der Waals surface area contributed by atoms with Gasteiger partial charge in [0.1, 0.15) is 11.5 Å². The van der Waals surface area contributed by atoms with E-state index in [0.29, 0.717) is 17.3 Å². The Hall–Kier alpha value is -2.33. The van der Waals surface area contributed by atoms with Crippen LogP contribution in [0.25, 0.3) is 16.7 Å². The van der Waals surface area contributed by atoms with Crippen LogP contribution in [0.1, 0.15) is 16.1 Å². The first-order chi connectivity index (χ1) is 10.3. The maximum Gasteiger partial charge on any atom is 0.268 e. The molecule has 21 heavy (non-hydrogen) atoms. The zero-order valence-corrected chi connectivity index (χ0v) is 11.9. The monoisotopic (exact) mass is 297 g/mol. The summed E-state index contributed by atoms with van der Waals surface area (Å²) >= 11 is 6.13. The lowest BCUT2D eigenvalue weighted by molar-refractivity contribution is 0.0939. The minimum Gasteiger partial charge on any atom is -0.350 e. The van der Waals surface area contributed by atoms with Crippen LogP contribution in [-0.4, -0.2) is 22.0 Å². The summed E-state index contributed by atoms with van der Waals surface area (Å²) in [7, 11) is 0. The number of benzene rings is 1. The van der Waals surface area contributed by atoms with Gasteiger partial charge >= 0.3 is 0 Å². The highest BCUT2D eigenvalue weighted by Gasteiger charge is 2.26. The van der Waals surface area contributed by atoms with E-state index in [4.69, 9.17) is 11.6 Å². The molecule has 3 heterocycles. The molecule has 0 spiro atoms. The minimum absolute atomic E-state index is 0.0609. The molecule has 0 aliphatic carbocycles. The number of fused-ring (bicyclic) bond motifs is 3. The summed E-state index contributed by atoms with van der Waals surface area (Å²) in [5.41, 5.74) is 2.67. The van der Waals surface area contributed by atoms with Crippen molar-refractivity contribution in [1.29, 1.82) is 0 Å². The summed E-state index contributed by atoms with van der Waals surface area (Å²) in [6.07, 6.45) is 2.53. The molecular weight excluding hydrogens is 286 g/mol. The first-order valence-electron chi connectivity index (χ1n) is 6.78. The van der Waals surface area contributed by atoms with Gasteiger partial charge in [-0.1, -0.05) is 17.7 Å². The quantitative estimate of drug-likeness (QED) is 0.750. The number of nitrogens with zero attached hydrogens (tertiary/aromatic N) is 2. The maximum atomic E-state index is 12.3. The Labute approximate surface area is 126 Å². The molecule has 1 N–H and O–H groups in total. The Kier molecular flexibility index (Phi) is 2.72. The molecule has 4 nitrogen and oxygen atoms in total. The van der Waals surface area contributed by atoms with Crippen molar-refractivity contribution in [2.45, 2.75) is 6.42 Å². The SMILES string of the molecule is O=C1NCCc2c1n(-c1ccccn1)c1ccc(Cl)cc21. The average molecular weight is 298 g/mol. The van der Waals surface area contributed by atoms with Gasteiger partial charge in [-0.25, -0.2) is 4.98 Å². The number of carbonyl (C=O) groups excluding carboxylic acids is 1. The van der Waals surface area contributed by atoms with Crippen LogP contribution in [0, 0.1) is 0 Å². The minimum atomic E-state index is -0.0609. The Morgan fingerprint density at radius 3 is 2.95 bits per heavy atom. The molecule has 4 rings (SSSR count). The van der Waals surface area contributed by atoms with Crippen LogP contribution in [0.3, 0.4) is 0 Å². The van der Waals surface area contributed by atoms with Crippen molar-refractivity contribution in [1.82, 2.24) is 14.9 Å². The lowest BCUT2D eigenvalue weighted by Gasteiger charge is -2.15. The van der Waals surface area contributed by atoms with Gasteiger partial charge in [0.25, 0.3) is 5.91 Å². The second-order valence-corrected chi connectivity index (χ2v) is 5.45. The number of hydrogen-bond acceptors (Lipinski definition) is 2. The van der Waals surface area contributed by atoms with Gasteiger partial charge in [-0.2, -0.15) is 0 Å². The zero-order chi connectivity index (χ0) is 14.4. The second-order valence-electron chi connectivity index (χ2n) is 5.02. The number of aromatic nitrogens is 2. The predicted octanol–water partition coefficient (Wildman–Crippen LogP) is 2.96. The molecular formula is C16H12ClN3O. The van der Waals surface area contributed by atoms with Crippen LogP contribution >= 0.6 is 11.6 Å². The van der Waals surface area contributed by atoms with Crippen LogP contribution < -0.4 is 5.32 Å². The van der Waals surface area contributed by atoms with Crippen LogP contribution in [0.2, 0.25) is 5.02 Å². The third-order valence-corrected chi connectivity index (χ3v) is 4.02. The fourth-order valence-corrected chi connectivity index (χ4v) is 3.10. The van der Waals surface area contributed by atoms with Crippen molar-refractivity contribution in [3.8, 4) is 5.82 Å². The van der Waals surface area contributed by atoms with E-state index in [1.165, 1.54) is 0 Å². The molecule has 0 bridgehead atoms. The Morgan fingerprint density at radius 1 is 1.24 bits per heavy atom. The summed E-state index contributed by atoms with van der Waals surface area (Å²) in [5.74, 6) is 0.678. The molecule has 104 valence electrons. The van der Waals surface area contributed by atoms with Gasteiger partial charge < -0.3 is 5.32 Å². The Morgan fingerprint density at radius 2 is 2.14 bits per heavy atom. The van der Waals surface area contributed by atoms with Crippen molar-refractivity contribution in [2.75, 3.05) is 6.54 Å². The summed E-state index contributed by atoms with van der Waals surface area (Å²) in [6.45, 7) is 0.652. The molecule has 2 aromatic heterocycles. The highest BCUT2D eigenvalue weighted by molar-refractivity contribution is 6.31. The van der Waals surface area contributed by atoms with Gasteiger partial charge in [0.15, 0.2) is 0 Å². The number of amides is 1. The fraction of sp³-hybridized carbons (Fsp3) is 0.125. The third kappa shape index (κ3) is 1.83. The van der Waals surface area contributed by atoms with E-state index in [1.807, 2.05) is 41.0 Å². The lowest BCUT2D eigenvalue weighted by Crippen LogP contribution is -2.33. The molecule has 0 atom stereocenters. The molecule has 0 unspecified atom stereocenters. The van der Waals surface area contributed by atoms with Crippen molar-refractivity contribution < 1.29 is 4.79 Å². The van der Waals surface area contributed by atoms with Crippen molar-refractivity contribution in [3.63, 3.8) is 0 Å². The Balaban J connectivity index is 2.14. The molecule has 0 saturated carbocycles. The number of pyridine rings is 1. The average Bonchev–Trinajstić information content (AvgIpc) is 2.83. The number of halogens is 1. The van der Waals surface area contributed by atoms with E-state index in [1.54, 1.807) is 6.20 Å². The first-order valence-corrected chi connectivity index (χ1v) is 7.16. The van der Waals surface area contributed by atoms with Crippen LogP contribution in [0.5, 0.6) is 0 Å². The van der Waals surface area contributed by atoms with E-state index in [0.717, 1.165) is 28.7 Å². The molecule has 0 saturated heterocycles. The van der Waals surface area contributed by atoms with Crippen molar-refractivity contribution >= 4 is 28.4 Å². The summed E-state index contributed by atoms with van der Waals surface area (Å²) in [5, 5.41) is 4.60. The van der Waals surface area contributed by atoms with Gasteiger partial charge in [0.2, 0.25) is 0 Å². The van der Waals surface area contributed by atoms with E-state index in [9.17, 15) is 4.79 Å². The van der Waals surface area contributed by atoms with Crippen LogP contribution in [0.4, 0.5) is 0 Å². The van der Waals surface area contributed by atoms with Gasteiger partial charge in [0, 0.05) is 23.2 Å². The summed E-state index contributed by atoms with van der Waals surface area (Å²) in [4.78, 5) is 16.7. The Bertz CT molecular complexity index is 855. The number of carbonyl (C=O) groups is 1. The highest BCUT2D eigenvalue weighted by atomic mass is 35.5. The van der Waals surface area contributed by atoms with E-state index >= 15 is 0 Å². The maximum absolute atomic E-state index is 12.3.